The van der Waals surface area contributed by atoms with Crippen LogP contribution in [0.25, 0.3) is 0 Å². The van der Waals surface area contributed by atoms with Crippen LogP contribution >= 0.6 is 0 Å². The molecule has 2 atom stereocenters. The molecule has 2 amide bonds. The maximum atomic E-state index is 12.4. The Kier molecular flexibility index (Phi) is 8.02. The summed E-state index contributed by atoms with van der Waals surface area (Å²) in [6.07, 6.45) is -0.436. The zero-order valence-corrected chi connectivity index (χ0v) is 15.9. The molecule has 0 saturated heterocycles. The van der Waals surface area contributed by atoms with Gasteiger partial charge in [0.2, 0.25) is 5.91 Å². The van der Waals surface area contributed by atoms with Crippen molar-refractivity contribution in [1.82, 2.24) is 10.6 Å². The van der Waals surface area contributed by atoms with Crippen molar-refractivity contribution in [2.45, 2.75) is 32.0 Å². The van der Waals surface area contributed by atoms with Crippen LogP contribution in [0.5, 0.6) is 0 Å². The molecule has 0 radical (unpaired) electrons. The molecular weight excluding hydrogens is 360 g/mol. The SMILES string of the molecule is COC(=O)[C@@H](Cc1ccccc1)NC(=O)[C@H](C)NC(=O)OCc1ccccc1. The van der Waals surface area contributed by atoms with Crippen molar-refractivity contribution >= 4 is 18.0 Å². The molecule has 2 aromatic carbocycles. The maximum Gasteiger partial charge on any atom is 0.408 e. The van der Waals surface area contributed by atoms with Gasteiger partial charge < -0.3 is 20.1 Å². The summed E-state index contributed by atoms with van der Waals surface area (Å²) in [7, 11) is 1.26. The second-order valence-corrected chi connectivity index (χ2v) is 6.20. The van der Waals surface area contributed by atoms with E-state index in [2.05, 4.69) is 10.6 Å². The maximum absolute atomic E-state index is 12.4. The van der Waals surface area contributed by atoms with Gasteiger partial charge in [0.25, 0.3) is 0 Å². The number of hydrogen-bond donors (Lipinski definition) is 2. The molecule has 2 aromatic rings. The summed E-state index contributed by atoms with van der Waals surface area (Å²) in [5.74, 6) is -1.07. The first kappa shape index (κ1) is 21.0. The number of hydrogen-bond acceptors (Lipinski definition) is 5. The lowest BCUT2D eigenvalue weighted by Crippen LogP contribution is -2.51. The smallest absolute Gasteiger partial charge is 0.408 e. The Morgan fingerprint density at radius 3 is 2.04 bits per heavy atom. The van der Waals surface area contributed by atoms with Gasteiger partial charge in [0, 0.05) is 6.42 Å². The van der Waals surface area contributed by atoms with E-state index in [0.29, 0.717) is 0 Å². The lowest BCUT2D eigenvalue weighted by atomic mass is 10.1. The van der Waals surface area contributed by atoms with Gasteiger partial charge in [-0.05, 0) is 18.1 Å². The summed E-state index contributed by atoms with van der Waals surface area (Å²) in [6.45, 7) is 1.61. The van der Waals surface area contributed by atoms with Crippen LogP contribution in [0.15, 0.2) is 60.7 Å². The summed E-state index contributed by atoms with van der Waals surface area (Å²) < 4.78 is 9.86. The van der Waals surface area contributed by atoms with Gasteiger partial charge in [-0.15, -0.1) is 0 Å². The van der Waals surface area contributed by atoms with Crippen molar-refractivity contribution in [1.29, 1.82) is 0 Å². The van der Waals surface area contributed by atoms with E-state index in [0.717, 1.165) is 11.1 Å². The molecule has 28 heavy (non-hydrogen) atoms. The molecule has 0 bridgehead atoms. The minimum absolute atomic E-state index is 0.0970. The molecule has 0 heterocycles. The highest BCUT2D eigenvalue weighted by Gasteiger charge is 2.25. The predicted molar refractivity (Wildman–Crippen MR) is 103 cm³/mol. The Morgan fingerprint density at radius 1 is 0.893 bits per heavy atom. The third-order valence-electron chi connectivity index (χ3n) is 4.03. The number of carbonyl (C=O) groups excluding carboxylic acids is 3. The van der Waals surface area contributed by atoms with Crippen LogP contribution in [0.3, 0.4) is 0 Å². The van der Waals surface area contributed by atoms with Crippen LogP contribution in [-0.4, -0.2) is 37.2 Å². The van der Waals surface area contributed by atoms with Crippen LogP contribution in [-0.2, 0) is 32.1 Å². The standard InChI is InChI=1S/C21H24N2O5/c1-15(22-21(26)28-14-17-11-7-4-8-12-17)19(24)23-18(20(25)27-2)13-16-9-5-3-6-10-16/h3-12,15,18H,13-14H2,1-2H3,(H,22,26)(H,23,24)/t15-,18+/m0/s1. The van der Waals surface area contributed by atoms with E-state index < -0.39 is 30.1 Å². The normalized spacial score (nSPS) is 12.4. The predicted octanol–water partition coefficient (Wildman–Crippen LogP) is 2.20. The zero-order valence-electron chi connectivity index (χ0n) is 15.9. The average Bonchev–Trinajstić information content (AvgIpc) is 2.72. The number of methoxy groups -OCH3 is 1. The largest absolute Gasteiger partial charge is 0.467 e. The first-order valence-electron chi connectivity index (χ1n) is 8.89. The summed E-state index contributed by atoms with van der Waals surface area (Å²) in [5, 5.41) is 5.06. The minimum Gasteiger partial charge on any atom is -0.467 e. The number of benzene rings is 2. The van der Waals surface area contributed by atoms with Crippen molar-refractivity contribution in [3.63, 3.8) is 0 Å². The number of amides is 2. The van der Waals surface area contributed by atoms with Gasteiger partial charge in [-0.25, -0.2) is 9.59 Å². The molecule has 0 spiro atoms. The highest BCUT2D eigenvalue weighted by molar-refractivity contribution is 5.89. The minimum atomic E-state index is -0.883. The zero-order chi connectivity index (χ0) is 20.4. The van der Waals surface area contributed by atoms with Gasteiger partial charge in [-0.3, -0.25) is 4.79 Å². The Hall–Kier alpha value is -3.35. The Balaban J connectivity index is 1.87. The topological polar surface area (TPSA) is 93.7 Å². The summed E-state index contributed by atoms with van der Waals surface area (Å²) >= 11 is 0. The van der Waals surface area contributed by atoms with Gasteiger partial charge in [0.1, 0.15) is 18.7 Å². The lowest BCUT2D eigenvalue weighted by Gasteiger charge is -2.20. The van der Waals surface area contributed by atoms with Crippen LogP contribution < -0.4 is 10.6 Å². The fourth-order valence-corrected chi connectivity index (χ4v) is 2.49. The molecule has 2 rings (SSSR count). The number of rotatable bonds is 8. The number of ether oxygens (including phenoxy) is 2. The molecule has 0 fully saturated rings. The quantitative estimate of drug-likeness (QED) is 0.681. The third-order valence-corrected chi connectivity index (χ3v) is 4.03. The van der Waals surface area contributed by atoms with E-state index in [9.17, 15) is 14.4 Å². The number of alkyl carbamates (subject to hydrolysis) is 1. The molecule has 0 saturated carbocycles. The lowest BCUT2D eigenvalue weighted by molar-refractivity contribution is -0.145. The van der Waals surface area contributed by atoms with Crippen LogP contribution in [0.2, 0.25) is 0 Å². The molecule has 0 aromatic heterocycles. The first-order chi connectivity index (χ1) is 13.5. The van der Waals surface area contributed by atoms with Gasteiger partial charge in [-0.2, -0.15) is 0 Å². The summed E-state index contributed by atoms with van der Waals surface area (Å²) in [5.41, 5.74) is 1.71. The van der Waals surface area contributed by atoms with E-state index in [1.807, 2.05) is 60.7 Å². The van der Waals surface area contributed by atoms with Crippen LogP contribution in [0.4, 0.5) is 4.79 Å². The second-order valence-electron chi connectivity index (χ2n) is 6.20. The van der Waals surface area contributed by atoms with E-state index in [1.165, 1.54) is 14.0 Å². The van der Waals surface area contributed by atoms with Crippen molar-refractivity contribution in [3.05, 3.63) is 71.8 Å². The molecule has 7 heteroatoms. The molecule has 0 aliphatic carbocycles. The molecule has 2 N–H and O–H groups in total. The van der Waals surface area contributed by atoms with E-state index in [4.69, 9.17) is 9.47 Å². The van der Waals surface area contributed by atoms with E-state index in [-0.39, 0.29) is 13.0 Å². The highest BCUT2D eigenvalue weighted by atomic mass is 16.5. The molecule has 7 nitrogen and oxygen atoms in total. The molecule has 0 unspecified atom stereocenters. The fourth-order valence-electron chi connectivity index (χ4n) is 2.49. The third kappa shape index (κ3) is 6.75. The first-order valence-corrected chi connectivity index (χ1v) is 8.89. The molecule has 0 aliphatic heterocycles. The average molecular weight is 384 g/mol. The number of carbonyl (C=O) groups is 3. The van der Waals surface area contributed by atoms with Crippen LogP contribution in [0.1, 0.15) is 18.1 Å². The number of nitrogens with one attached hydrogen (secondary N) is 2. The Morgan fingerprint density at radius 2 is 1.46 bits per heavy atom. The van der Waals surface area contributed by atoms with Crippen molar-refractivity contribution in [2.75, 3.05) is 7.11 Å². The summed E-state index contributed by atoms with van der Waals surface area (Å²) in [4.78, 5) is 36.3. The van der Waals surface area contributed by atoms with Gasteiger partial charge >= 0.3 is 12.1 Å². The van der Waals surface area contributed by atoms with Gasteiger partial charge in [-0.1, -0.05) is 60.7 Å². The van der Waals surface area contributed by atoms with Gasteiger partial charge in [0.05, 0.1) is 7.11 Å². The van der Waals surface area contributed by atoms with Crippen molar-refractivity contribution in [3.8, 4) is 0 Å². The van der Waals surface area contributed by atoms with E-state index >= 15 is 0 Å². The molecular formula is C21H24N2O5. The fraction of sp³-hybridized carbons (Fsp3) is 0.286. The van der Waals surface area contributed by atoms with E-state index in [1.54, 1.807) is 0 Å². The molecule has 148 valence electrons. The Bertz CT molecular complexity index is 780. The van der Waals surface area contributed by atoms with Gasteiger partial charge in [0.15, 0.2) is 0 Å². The second kappa shape index (κ2) is 10.7. The Labute approximate surface area is 164 Å². The highest BCUT2D eigenvalue weighted by Crippen LogP contribution is 2.05. The van der Waals surface area contributed by atoms with Crippen molar-refractivity contribution < 1.29 is 23.9 Å². The van der Waals surface area contributed by atoms with Crippen molar-refractivity contribution in [2.24, 2.45) is 0 Å². The summed E-state index contributed by atoms with van der Waals surface area (Å²) in [6, 6.07) is 16.7. The number of esters is 1. The molecule has 0 aliphatic rings. The monoisotopic (exact) mass is 384 g/mol. The van der Waals surface area contributed by atoms with Crippen LogP contribution in [0, 0.1) is 0 Å².